The number of pyridine rings is 1. The molecule has 0 fully saturated rings. The van der Waals surface area contributed by atoms with E-state index in [2.05, 4.69) is 138 Å². The minimum atomic E-state index is -1.69. The molecule has 6 nitrogen and oxygen atoms in total. The minimum absolute atomic E-state index is 0. The molecule has 4 aromatic heterocycles. The number of hydrogen-bond acceptors (Lipinski definition) is 6. The van der Waals surface area contributed by atoms with Gasteiger partial charge in [0.2, 0.25) is 5.88 Å². The van der Waals surface area contributed by atoms with Crippen LogP contribution >= 0.6 is 11.3 Å². The number of fused-ring (bicyclic) bond motifs is 1. The van der Waals surface area contributed by atoms with Crippen LogP contribution in [0.1, 0.15) is 37.5 Å². The summed E-state index contributed by atoms with van der Waals surface area (Å²) in [6.45, 7) is 17.8. The van der Waals surface area contributed by atoms with Crippen LogP contribution in [0.5, 0.6) is 17.4 Å². The molecule has 0 saturated heterocycles. The number of ether oxygens (including phenoxy) is 1. The molecule has 10 rings (SSSR count). The number of nitrogens with zero attached hydrogens (tertiary/aromatic N) is 3. The van der Waals surface area contributed by atoms with Crippen LogP contribution < -0.4 is 9.92 Å². The van der Waals surface area contributed by atoms with E-state index in [0.717, 1.165) is 76.9 Å². The minimum Gasteiger partial charge on any atom is -0.507 e. The number of phenolic OH excluding ortho intramolecular Hbond substituents is 1. The number of para-hydroxylation sites is 2. The zero-order valence-electron chi connectivity index (χ0n) is 34.8. The van der Waals surface area contributed by atoms with Crippen molar-refractivity contribution in [2.75, 3.05) is 0 Å². The van der Waals surface area contributed by atoms with Crippen LogP contribution in [0.3, 0.4) is 0 Å². The van der Waals surface area contributed by atoms with E-state index < -0.39 is 8.07 Å². The molecule has 10 aromatic rings. The van der Waals surface area contributed by atoms with Crippen LogP contribution in [-0.2, 0) is 26.5 Å². The molecule has 0 radical (unpaired) electrons. The number of rotatable bonds is 7. The molecule has 302 valence electrons. The van der Waals surface area contributed by atoms with Gasteiger partial charge in [-0.25, -0.2) is 4.98 Å². The van der Waals surface area contributed by atoms with Crippen molar-refractivity contribution in [3.63, 3.8) is 0 Å². The SMILES string of the molecule is Cc1cccc(C)c1-n1c(-c2ccc([Si](C)(C)C)cc2O)nc2c(Oc3nc(-c4[c-]c5sc6cccc7oc(c4)c5c76)cc(C(C)(C)C)c3-c3ccccc3)cccc21.[Pt]. The first-order chi connectivity index (χ1) is 28.2. The molecule has 0 unspecified atom stereocenters. The fourth-order valence-electron chi connectivity index (χ4n) is 8.45. The second kappa shape index (κ2) is 14.6. The van der Waals surface area contributed by atoms with E-state index in [9.17, 15) is 5.11 Å². The monoisotopic (exact) mass is 1000 g/mol. The first-order valence-electron chi connectivity index (χ1n) is 20.0. The fraction of sp³-hybridized carbons (Fsp3) is 0.176. The van der Waals surface area contributed by atoms with Gasteiger partial charge in [0.05, 0.1) is 30.4 Å². The van der Waals surface area contributed by atoms with E-state index in [0.29, 0.717) is 28.5 Å². The summed E-state index contributed by atoms with van der Waals surface area (Å²) in [5.74, 6) is 1.88. The maximum Gasteiger partial charge on any atom is 0.218 e. The maximum atomic E-state index is 11.7. The molecule has 1 N–H and O–H groups in total. The number of benzene rings is 6. The van der Waals surface area contributed by atoms with Crippen molar-refractivity contribution in [3.05, 3.63) is 138 Å². The van der Waals surface area contributed by atoms with Gasteiger partial charge in [-0.2, -0.15) is 11.3 Å². The maximum absolute atomic E-state index is 11.7. The smallest absolute Gasteiger partial charge is 0.218 e. The van der Waals surface area contributed by atoms with E-state index >= 15 is 0 Å². The van der Waals surface area contributed by atoms with Crippen molar-refractivity contribution in [2.45, 2.75) is 59.7 Å². The van der Waals surface area contributed by atoms with Gasteiger partial charge >= 0.3 is 0 Å². The number of phenols is 1. The number of aromatic nitrogens is 3. The summed E-state index contributed by atoms with van der Waals surface area (Å²) in [5, 5.41) is 15.2. The first-order valence-corrected chi connectivity index (χ1v) is 24.4. The number of aromatic hydroxyl groups is 1. The molecule has 0 saturated carbocycles. The quantitative estimate of drug-likeness (QED) is 0.127. The Kier molecular flexibility index (Phi) is 9.70. The van der Waals surface area contributed by atoms with E-state index in [1.807, 2.05) is 42.5 Å². The van der Waals surface area contributed by atoms with Gasteiger partial charge in [-0.3, -0.25) is 9.55 Å². The summed E-state index contributed by atoms with van der Waals surface area (Å²) >= 11 is 1.73. The third-order valence-corrected chi connectivity index (χ3v) is 14.5. The van der Waals surface area contributed by atoms with Gasteiger partial charge in [0.15, 0.2) is 5.75 Å². The van der Waals surface area contributed by atoms with Gasteiger partial charge in [0, 0.05) is 36.7 Å². The topological polar surface area (TPSA) is 73.3 Å². The summed E-state index contributed by atoms with van der Waals surface area (Å²) in [6, 6.07) is 43.0. The number of aryl methyl sites for hydroxylation is 2. The second-order valence-electron chi connectivity index (χ2n) is 17.7. The van der Waals surface area contributed by atoms with E-state index in [1.165, 1.54) is 9.89 Å². The van der Waals surface area contributed by atoms with Gasteiger partial charge in [0.25, 0.3) is 0 Å². The average molecular weight is 1000 g/mol. The normalized spacial score (nSPS) is 12.3. The fourth-order valence-corrected chi connectivity index (χ4v) is 10.7. The average Bonchev–Trinajstić information content (AvgIpc) is 3.90. The molecule has 0 bridgehead atoms. The standard InChI is InChI=1S/C51H44N3O3SSi.Pt/c1-29-15-12-16-30(2)48(29)54-37-19-13-21-40(47(37)53-49(54)34-24-23-33(27-38(34)55)59(6,7)8)57-50-44(31-17-10-9-11-18-31)35(51(3,4)5)28-36(52-50)32-25-41-46-43(26-32)58-42-22-14-20-39(56-41)45(42)46;/h9-25,27-28,55H,1-8H3;/q-1;. The molecule has 0 amide bonds. The van der Waals surface area contributed by atoms with Crippen molar-refractivity contribution >= 4 is 67.0 Å². The summed E-state index contributed by atoms with van der Waals surface area (Å²) in [7, 11) is -1.69. The predicted molar refractivity (Wildman–Crippen MR) is 247 cm³/mol. The Hall–Kier alpha value is -5.53. The molecule has 0 aliphatic heterocycles. The molecule has 4 heterocycles. The summed E-state index contributed by atoms with van der Waals surface area (Å²) in [5.41, 5.74) is 11.4. The number of furan rings is 1. The van der Waals surface area contributed by atoms with Gasteiger partial charge < -0.3 is 14.3 Å². The summed E-state index contributed by atoms with van der Waals surface area (Å²) < 4.78 is 18.0. The molecule has 6 aromatic carbocycles. The Morgan fingerprint density at radius 1 is 0.783 bits per heavy atom. The van der Waals surface area contributed by atoms with Crippen LogP contribution in [0, 0.1) is 19.9 Å². The van der Waals surface area contributed by atoms with Crippen LogP contribution in [0.2, 0.25) is 19.6 Å². The third kappa shape index (κ3) is 6.57. The Bertz CT molecular complexity index is 3180. The Balaban J connectivity index is 0.00000462. The van der Waals surface area contributed by atoms with E-state index in [1.54, 1.807) is 11.3 Å². The zero-order chi connectivity index (χ0) is 41.0. The van der Waals surface area contributed by atoms with Crippen molar-refractivity contribution in [1.29, 1.82) is 0 Å². The molecular weight excluding hydrogens is 958 g/mol. The third-order valence-electron chi connectivity index (χ3n) is 11.4. The van der Waals surface area contributed by atoms with Crippen LogP contribution in [-0.4, -0.2) is 27.7 Å². The summed E-state index contributed by atoms with van der Waals surface area (Å²) in [4.78, 5) is 10.7. The van der Waals surface area contributed by atoms with E-state index in [4.69, 9.17) is 19.1 Å². The van der Waals surface area contributed by atoms with Gasteiger partial charge in [0.1, 0.15) is 22.7 Å². The molecule has 0 aliphatic carbocycles. The number of imidazole rings is 1. The van der Waals surface area contributed by atoms with Crippen molar-refractivity contribution in [2.24, 2.45) is 0 Å². The summed E-state index contributed by atoms with van der Waals surface area (Å²) in [6.07, 6.45) is 0. The van der Waals surface area contributed by atoms with Crippen LogP contribution in [0.4, 0.5) is 0 Å². The molecular formula is C51H44N3O3PtSSi-. The molecule has 0 atom stereocenters. The van der Waals surface area contributed by atoms with E-state index in [-0.39, 0.29) is 32.2 Å². The number of hydrogen-bond donors (Lipinski definition) is 1. The molecule has 0 aliphatic rings. The molecule has 9 heteroatoms. The van der Waals surface area contributed by atoms with Crippen LogP contribution in [0.25, 0.3) is 81.8 Å². The van der Waals surface area contributed by atoms with Crippen molar-refractivity contribution in [1.82, 2.24) is 14.5 Å². The molecule has 60 heavy (non-hydrogen) atoms. The van der Waals surface area contributed by atoms with Crippen molar-refractivity contribution in [3.8, 4) is 56.8 Å². The largest absolute Gasteiger partial charge is 0.507 e. The number of thiophene rings is 1. The Morgan fingerprint density at radius 3 is 2.23 bits per heavy atom. The van der Waals surface area contributed by atoms with Gasteiger partial charge in [-0.1, -0.05) is 124 Å². The van der Waals surface area contributed by atoms with Crippen LogP contribution in [0.15, 0.2) is 120 Å². The van der Waals surface area contributed by atoms with Gasteiger partial charge in [-0.05, 0) is 93.7 Å². The van der Waals surface area contributed by atoms with Crippen molar-refractivity contribution < 1.29 is 35.3 Å². The molecule has 0 spiro atoms. The predicted octanol–water partition coefficient (Wildman–Crippen LogP) is 13.7. The Morgan fingerprint density at radius 2 is 1.52 bits per heavy atom. The zero-order valence-corrected chi connectivity index (χ0v) is 38.9. The Labute approximate surface area is 369 Å². The first kappa shape index (κ1) is 39.9. The van der Waals surface area contributed by atoms with Gasteiger partial charge in [-0.15, -0.1) is 11.6 Å². The second-order valence-corrected chi connectivity index (χ2v) is 23.8.